The molecule has 1 aromatic heterocycles. The minimum Gasteiger partial charge on any atom is -0.465 e. The molecule has 0 N–H and O–H groups in total. The average Bonchev–Trinajstić information content (AvgIpc) is 2.52. The molecule has 1 aromatic rings. The summed E-state index contributed by atoms with van der Waals surface area (Å²) in [6, 6.07) is 3.69. The number of carbonyl (C=O) groups excluding carboxylic acids is 1. The molecular formula is C15H23N3O3. The quantitative estimate of drug-likeness (QED) is 0.753. The molecule has 0 bridgehead atoms. The average molecular weight is 293 g/mol. The van der Waals surface area contributed by atoms with Gasteiger partial charge in [-0.15, -0.1) is 0 Å². The molecule has 1 aliphatic rings. The van der Waals surface area contributed by atoms with Crippen LogP contribution in [0.25, 0.3) is 0 Å². The van der Waals surface area contributed by atoms with Crippen LogP contribution >= 0.6 is 0 Å². The molecule has 0 amide bonds. The van der Waals surface area contributed by atoms with Crippen molar-refractivity contribution in [2.45, 2.75) is 6.92 Å². The Hall–Kier alpha value is -1.66. The summed E-state index contributed by atoms with van der Waals surface area (Å²) < 4.78 is 9.85. The lowest BCUT2D eigenvalue weighted by Gasteiger charge is -2.35. The minimum absolute atomic E-state index is 0.337. The van der Waals surface area contributed by atoms with Crippen molar-refractivity contribution in [1.82, 2.24) is 9.88 Å². The second kappa shape index (κ2) is 7.38. The Bertz CT molecular complexity index is 485. The molecule has 116 valence electrons. The Balaban J connectivity index is 1.97. The summed E-state index contributed by atoms with van der Waals surface area (Å²) in [6.07, 6.45) is 0. The predicted octanol–water partition coefficient (Wildman–Crippen LogP) is 0.945. The molecule has 2 rings (SSSR count). The molecule has 0 aromatic carbocycles. The van der Waals surface area contributed by atoms with E-state index in [4.69, 9.17) is 9.47 Å². The molecule has 0 saturated carbocycles. The maximum absolute atomic E-state index is 11.6. The third-order valence-electron chi connectivity index (χ3n) is 3.78. The Labute approximate surface area is 125 Å². The molecule has 2 heterocycles. The van der Waals surface area contributed by atoms with Crippen LogP contribution in [0.2, 0.25) is 0 Å². The number of anilines is 1. The van der Waals surface area contributed by atoms with Crippen LogP contribution in [0.3, 0.4) is 0 Å². The fraction of sp³-hybridized carbons (Fsp3) is 0.600. The van der Waals surface area contributed by atoms with Crippen LogP contribution in [0, 0.1) is 6.92 Å². The number of ether oxygens (including phenoxy) is 2. The molecule has 0 radical (unpaired) electrons. The van der Waals surface area contributed by atoms with E-state index in [2.05, 4.69) is 14.8 Å². The maximum atomic E-state index is 11.6. The number of rotatable bonds is 5. The first-order valence-electron chi connectivity index (χ1n) is 7.18. The highest BCUT2D eigenvalue weighted by Crippen LogP contribution is 2.17. The van der Waals surface area contributed by atoms with Gasteiger partial charge in [-0.05, 0) is 19.1 Å². The fourth-order valence-electron chi connectivity index (χ4n) is 2.47. The number of esters is 1. The number of methoxy groups -OCH3 is 2. The smallest absolute Gasteiger partial charge is 0.339 e. The van der Waals surface area contributed by atoms with Gasteiger partial charge in [-0.25, -0.2) is 9.78 Å². The maximum Gasteiger partial charge on any atom is 0.339 e. The van der Waals surface area contributed by atoms with Gasteiger partial charge in [0.25, 0.3) is 0 Å². The standard InChI is InChI=1S/C15H23N3O3/c1-12-13(15(19)21-3)4-5-14(16-12)18-8-6-17(7-9-18)10-11-20-2/h4-5H,6-11H2,1-3H3. The lowest BCUT2D eigenvalue weighted by atomic mass is 10.2. The van der Waals surface area contributed by atoms with Gasteiger partial charge in [0, 0.05) is 39.8 Å². The van der Waals surface area contributed by atoms with E-state index in [0.29, 0.717) is 11.3 Å². The zero-order valence-electron chi connectivity index (χ0n) is 13.0. The summed E-state index contributed by atoms with van der Waals surface area (Å²) in [5.74, 6) is 0.586. The Morgan fingerprint density at radius 3 is 2.52 bits per heavy atom. The van der Waals surface area contributed by atoms with Crippen molar-refractivity contribution in [1.29, 1.82) is 0 Å². The fourth-order valence-corrected chi connectivity index (χ4v) is 2.47. The van der Waals surface area contributed by atoms with E-state index in [9.17, 15) is 4.79 Å². The number of hydrogen-bond acceptors (Lipinski definition) is 6. The van der Waals surface area contributed by atoms with Gasteiger partial charge < -0.3 is 14.4 Å². The topological polar surface area (TPSA) is 54.9 Å². The van der Waals surface area contributed by atoms with Gasteiger partial charge in [0.15, 0.2) is 0 Å². The van der Waals surface area contributed by atoms with Gasteiger partial charge in [0.1, 0.15) is 5.82 Å². The van der Waals surface area contributed by atoms with Gasteiger partial charge in [0.05, 0.1) is 25.0 Å². The van der Waals surface area contributed by atoms with Crippen LogP contribution in [-0.2, 0) is 9.47 Å². The van der Waals surface area contributed by atoms with Crippen molar-refractivity contribution in [2.24, 2.45) is 0 Å². The van der Waals surface area contributed by atoms with E-state index in [1.165, 1.54) is 7.11 Å². The van der Waals surface area contributed by atoms with Gasteiger partial charge in [0.2, 0.25) is 0 Å². The number of pyridine rings is 1. The zero-order valence-corrected chi connectivity index (χ0v) is 13.0. The van der Waals surface area contributed by atoms with Crippen LogP contribution in [-0.4, -0.2) is 69.4 Å². The summed E-state index contributed by atoms with van der Waals surface area (Å²) in [4.78, 5) is 20.7. The van der Waals surface area contributed by atoms with Crippen molar-refractivity contribution in [3.63, 3.8) is 0 Å². The van der Waals surface area contributed by atoms with E-state index >= 15 is 0 Å². The summed E-state index contributed by atoms with van der Waals surface area (Å²) >= 11 is 0. The molecule has 1 fully saturated rings. The number of aromatic nitrogens is 1. The lowest BCUT2D eigenvalue weighted by Crippen LogP contribution is -2.47. The van der Waals surface area contributed by atoms with E-state index in [0.717, 1.165) is 45.1 Å². The van der Waals surface area contributed by atoms with E-state index < -0.39 is 0 Å². The third kappa shape index (κ3) is 3.92. The Kier molecular flexibility index (Phi) is 5.52. The first-order valence-corrected chi connectivity index (χ1v) is 7.18. The molecule has 1 saturated heterocycles. The second-order valence-corrected chi connectivity index (χ2v) is 5.12. The minimum atomic E-state index is -0.337. The van der Waals surface area contributed by atoms with Gasteiger partial charge in [-0.3, -0.25) is 4.90 Å². The summed E-state index contributed by atoms with van der Waals surface area (Å²) in [6.45, 7) is 7.46. The van der Waals surface area contributed by atoms with Gasteiger partial charge >= 0.3 is 5.97 Å². The zero-order chi connectivity index (χ0) is 15.2. The number of hydrogen-bond donors (Lipinski definition) is 0. The molecular weight excluding hydrogens is 270 g/mol. The largest absolute Gasteiger partial charge is 0.465 e. The molecule has 0 atom stereocenters. The molecule has 6 nitrogen and oxygen atoms in total. The third-order valence-corrected chi connectivity index (χ3v) is 3.78. The van der Waals surface area contributed by atoms with E-state index in [-0.39, 0.29) is 5.97 Å². The predicted molar refractivity (Wildman–Crippen MR) is 80.8 cm³/mol. The van der Waals surface area contributed by atoms with Crippen LogP contribution in [0.4, 0.5) is 5.82 Å². The molecule has 0 aliphatic carbocycles. The van der Waals surface area contributed by atoms with E-state index in [1.807, 2.05) is 13.0 Å². The van der Waals surface area contributed by atoms with Crippen molar-refractivity contribution in [3.8, 4) is 0 Å². The first-order chi connectivity index (χ1) is 10.2. The number of aryl methyl sites for hydroxylation is 1. The van der Waals surface area contributed by atoms with Crippen LogP contribution in [0.5, 0.6) is 0 Å². The highest BCUT2D eigenvalue weighted by molar-refractivity contribution is 5.90. The summed E-state index contributed by atoms with van der Waals surface area (Å²) in [7, 11) is 3.11. The summed E-state index contributed by atoms with van der Waals surface area (Å²) in [5.41, 5.74) is 1.24. The molecule has 6 heteroatoms. The molecule has 0 unspecified atom stereocenters. The Morgan fingerprint density at radius 2 is 1.95 bits per heavy atom. The SMILES string of the molecule is COCCN1CCN(c2ccc(C(=O)OC)c(C)n2)CC1. The van der Waals surface area contributed by atoms with Gasteiger partial charge in [-0.1, -0.05) is 0 Å². The normalized spacial score (nSPS) is 16.0. The van der Waals surface area contributed by atoms with Crippen molar-refractivity contribution in [3.05, 3.63) is 23.4 Å². The number of nitrogens with zero attached hydrogens (tertiary/aromatic N) is 3. The van der Waals surface area contributed by atoms with Gasteiger partial charge in [-0.2, -0.15) is 0 Å². The Morgan fingerprint density at radius 1 is 1.24 bits per heavy atom. The number of piperazine rings is 1. The second-order valence-electron chi connectivity index (χ2n) is 5.12. The first kappa shape index (κ1) is 15.7. The lowest BCUT2D eigenvalue weighted by molar-refractivity contribution is 0.0599. The molecule has 21 heavy (non-hydrogen) atoms. The van der Waals surface area contributed by atoms with E-state index in [1.54, 1.807) is 13.2 Å². The van der Waals surface area contributed by atoms with Crippen molar-refractivity contribution < 1.29 is 14.3 Å². The van der Waals surface area contributed by atoms with Crippen LogP contribution in [0.15, 0.2) is 12.1 Å². The summed E-state index contributed by atoms with van der Waals surface area (Å²) in [5, 5.41) is 0. The number of carbonyl (C=O) groups is 1. The van der Waals surface area contributed by atoms with Crippen molar-refractivity contribution in [2.75, 3.05) is 58.5 Å². The molecule has 0 spiro atoms. The van der Waals surface area contributed by atoms with Crippen LogP contribution < -0.4 is 4.90 Å². The van der Waals surface area contributed by atoms with Crippen molar-refractivity contribution >= 4 is 11.8 Å². The highest BCUT2D eigenvalue weighted by atomic mass is 16.5. The highest BCUT2D eigenvalue weighted by Gasteiger charge is 2.19. The van der Waals surface area contributed by atoms with Crippen LogP contribution in [0.1, 0.15) is 16.1 Å². The molecule has 1 aliphatic heterocycles. The monoisotopic (exact) mass is 293 g/mol.